The Labute approximate surface area is 91.2 Å². The van der Waals surface area contributed by atoms with Gasteiger partial charge in [-0.25, -0.2) is 4.98 Å². The summed E-state index contributed by atoms with van der Waals surface area (Å²) in [4.78, 5) is 4.36. The van der Waals surface area contributed by atoms with E-state index in [0.717, 1.165) is 14.7 Å². The van der Waals surface area contributed by atoms with Crippen molar-refractivity contribution in [3.63, 3.8) is 0 Å². The Balaban J connectivity index is 2.66. The van der Waals surface area contributed by atoms with Crippen LogP contribution < -0.4 is 4.74 Å². The van der Waals surface area contributed by atoms with E-state index in [1.165, 1.54) is 11.3 Å². The van der Waals surface area contributed by atoms with E-state index < -0.39 is 0 Å². The lowest BCUT2D eigenvalue weighted by atomic mass is 10.3. The molecule has 0 aliphatic heterocycles. The molecule has 2 aromatic rings. The van der Waals surface area contributed by atoms with Gasteiger partial charge in [0, 0.05) is 5.39 Å². The van der Waals surface area contributed by atoms with Crippen LogP contribution in [0.1, 0.15) is 6.92 Å². The maximum Gasteiger partial charge on any atom is 0.275 e. The normalized spacial score (nSPS) is 10.4. The van der Waals surface area contributed by atoms with Crippen molar-refractivity contribution in [2.24, 2.45) is 0 Å². The summed E-state index contributed by atoms with van der Waals surface area (Å²) in [5.41, 5.74) is 0.903. The molecule has 1 aromatic heterocycles. The van der Waals surface area contributed by atoms with Crippen molar-refractivity contribution in [3.05, 3.63) is 28.1 Å². The maximum absolute atomic E-state index is 5.34. The van der Waals surface area contributed by atoms with Crippen LogP contribution in [0.3, 0.4) is 0 Å². The van der Waals surface area contributed by atoms with E-state index in [1.54, 1.807) is 0 Å². The van der Waals surface area contributed by atoms with Crippen LogP contribution in [0.2, 0.25) is 0 Å². The van der Waals surface area contributed by atoms with Crippen LogP contribution in [-0.4, -0.2) is 11.6 Å². The third-order valence-electron chi connectivity index (χ3n) is 1.78. The summed E-state index contributed by atoms with van der Waals surface area (Å²) in [6, 6.07) is 7.84. The van der Waals surface area contributed by atoms with E-state index in [0.29, 0.717) is 11.8 Å². The quantitative estimate of drug-likeness (QED) is 0.728. The molecule has 1 aromatic carbocycles. The van der Waals surface area contributed by atoms with Gasteiger partial charge in [-0.2, -0.15) is 0 Å². The highest BCUT2D eigenvalue weighted by molar-refractivity contribution is 7.74. The fourth-order valence-electron chi connectivity index (χ4n) is 1.18. The van der Waals surface area contributed by atoms with Crippen molar-refractivity contribution in [1.29, 1.82) is 0 Å². The Bertz CT molecular complexity index is 507. The first kappa shape index (κ1) is 9.55. The third-order valence-corrected chi connectivity index (χ3v) is 3.04. The number of nitrogens with zero attached hydrogens (tertiary/aromatic N) is 1. The van der Waals surface area contributed by atoms with Gasteiger partial charge in [0.2, 0.25) is 0 Å². The highest BCUT2D eigenvalue weighted by Gasteiger charge is 2.01. The number of hydrogen-bond acceptors (Lipinski definition) is 4. The smallest absolute Gasteiger partial charge is 0.275 e. The lowest BCUT2D eigenvalue weighted by molar-refractivity contribution is 0.338. The topological polar surface area (TPSA) is 22.1 Å². The number of fused-ring (bicyclic) bond motifs is 1. The van der Waals surface area contributed by atoms with Crippen molar-refractivity contribution < 1.29 is 4.74 Å². The predicted octanol–water partition coefficient (Wildman–Crippen LogP) is 3.42. The number of ether oxygens (including phenoxy) is 1. The molecule has 0 amide bonds. The molecule has 0 N–H and O–H groups in total. The van der Waals surface area contributed by atoms with Gasteiger partial charge in [0.25, 0.3) is 5.19 Å². The summed E-state index contributed by atoms with van der Waals surface area (Å²) in [5, 5.41) is 1.67. The monoisotopic (exact) mass is 223 g/mol. The van der Waals surface area contributed by atoms with Gasteiger partial charge in [-0.15, -0.1) is 0 Å². The van der Waals surface area contributed by atoms with Crippen LogP contribution in [-0.2, 0) is 0 Å². The molecule has 4 heteroatoms. The van der Waals surface area contributed by atoms with Crippen LogP contribution in [0, 0.1) is 3.82 Å². The Kier molecular flexibility index (Phi) is 2.74. The second-order valence-corrected chi connectivity index (χ2v) is 4.35. The summed E-state index contributed by atoms with van der Waals surface area (Å²) in [6.07, 6.45) is 0. The van der Waals surface area contributed by atoms with Crippen LogP contribution >= 0.6 is 23.6 Å². The van der Waals surface area contributed by atoms with Gasteiger partial charge in [0.15, 0.2) is 0 Å². The fourth-order valence-corrected chi connectivity index (χ4v) is 2.33. The summed E-state index contributed by atoms with van der Waals surface area (Å²) in [5.74, 6) is 0. The molecule has 2 rings (SSSR count). The van der Waals surface area contributed by atoms with Crippen molar-refractivity contribution in [3.8, 4) is 5.19 Å². The van der Waals surface area contributed by atoms with Gasteiger partial charge in [-0.1, -0.05) is 41.8 Å². The maximum atomic E-state index is 5.34. The van der Waals surface area contributed by atoms with Gasteiger partial charge >= 0.3 is 0 Å². The molecule has 0 radical (unpaired) electrons. The molecular weight excluding hydrogens is 214 g/mol. The fraction of sp³-hybridized carbons (Fsp3) is 0.200. The predicted molar refractivity (Wildman–Crippen MR) is 61.6 cm³/mol. The SMILES string of the molecule is CCOc1nc2ccccc2c(=S)s1. The number of aromatic nitrogens is 1. The average molecular weight is 223 g/mol. The van der Waals surface area contributed by atoms with E-state index in [-0.39, 0.29) is 0 Å². The zero-order valence-electron chi connectivity index (χ0n) is 7.69. The molecule has 2 nitrogen and oxygen atoms in total. The van der Waals surface area contributed by atoms with Crippen LogP contribution in [0.25, 0.3) is 10.9 Å². The molecule has 0 fully saturated rings. The number of hydrogen-bond donors (Lipinski definition) is 0. The second-order valence-electron chi connectivity index (χ2n) is 2.72. The lowest BCUT2D eigenvalue weighted by Crippen LogP contribution is -1.92. The van der Waals surface area contributed by atoms with E-state index >= 15 is 0 Å². The molecule has 0 atom stereocenters. The summed E-state index contributed by atoms with van der Waals surface area (Å²) in [6.45, 7) is 2.56. The molecule has 0 bridgehead atoms. The Morgan fingerprint density at radius 1 is 1.43 bits per heavy atom. The van der Waals surface area contributed by atoms with Gasteiger partial charge in [0.1, 0.15) is 3.82 Å². The van der Waals surface area contributed by atoms with Crippen LogP contribution in [0.15, 0.2) is 24.3 Å². The van der Waals surface area contributed by atoms with Crippen LogP contribution in [0.4, 0.5) is 0 Å². The zero-order valence-corrected chi connectivity index (χ0v) is 9.32. The molecule has 1 heterocycles. The summed E-state index contributed by atoms with van der Waals surface area (Å²) >= 11 is 6.67. The number of para-hydroxylation sites is 1. The zero-order chi connectivity index (χ0) is 9.97. The summed E-state index contributed by atoms with van der Waals surface area (Å²) < 4.78 is 6.17. The van der Waals surface area contributed by atoms with Crippen molar-refractivity contribution in [1.82, 2.24) is 4.98 Å². The first-order valence-electron chi connectivity index (χ1n) is 4.34. The molecule has 0 aliphatic carbocycles. The number of rotatable bonds is 2. The van der Waals surface area contributed by atoms with E-state index in [9.17, 15) is 0 Å². The van der Waals surface area contributed by atoms with E-state index in [4.69, 9.17) is 17.0 Å². The van der Waals surface area contributed by atoms with Gasteiger partial charge < -0.3 is 4.74 Å². The highest BCUT2D eigenvalue weighted by atomic mass is 32.1. The Hall–Kier alpha value is -1.00. The molecule has 0 saturated carbocycles. The minimum absolute atomic E-state index is 0.622. The van der Waals surface area contributed by atoms with Gasteiger partial charge in [-0.05, 0) is 13.0 Å². The van der Waals surface area contributed by atoms with Gasteiger partial charge in [-0.3, -0.25) is 0 Å². The largest absolute Gasteiger partial charge is 0.470 e. The van der Waals surface area contributed by atoms with E-state index in [2.05, 4.69) is 4.98 Å². The first-order valence-corrected chi connectivity index (χ1v) is 5.56. The minimum Gasteiger partial charge on any atom is -0.470 e. The molecule has 0 saturated heterocycles. The van der Waals surface area contributed by atoms with Crippen molar-refractivity contribution >= 4 is 34.5 Å². The van der Waals surface area contributed by atoms with Gasteiger partial charge in [0.05, 0.1) is 12.1 Å². The molecule has 0 spiro atoms. The van der Waals surface area contributed by atoms with Crippen molar-refractivity contribution in [2.75, 3.05) is 6.61 Å². The Morgan fingerprint density at radius 3 is 3.00 bits per heavy atom. The first-order chi connectivity index (χ1) is 6.81. The molecular formula is C10H9NOS2. The highest BCUT2D eigenvalue weighted by Crippen LogP contribution is 2.23. The Morgan fingerprint density at radius 2 is 2.21 bits per heavy atom. The average Bonchev–Trinajstić information content (AvgIpc) is 2.18. The standard InChI is InChI=1S/C10H9NOS2/c1-2-12-10-11-8-6-4-3-5-7(8)9(13)14-10/h3-6H,2H2,1H3. The van der Waals surface area contributed by atoms with E-state index in [1.807, 2.05) is 31.2 Å². The molecule has 0 unspecified atom stereocenters. The van der Waals surface area contributed by atoms with Crippen molar-refractivity contribution in [2.45, 2.75) is 6.92 Å². The second kappa shape index (κ2) is 4.02. The minimum atomic E-state index is 0.622. The number of benzene rings is 1. The molecule has 0 aliphatic rings. The summed E-state index contributed by atoms with van der Waals surface area (Å²) in [7, 11) is 0. The van der Waals surface area contributed by atoms with Crippen LogP contribution in [0.5, 0.6) is 5.19 Å². The molecule has 14 heavy (non-hydrogen) atoms. The lowest BCUT2D eigenvalue weighted by Gasteiger charge is -2.01. The third kappa shape index (κ3) is 1.76. The molecule has 72 valence electrons.